The SMILES string of the molecule is CC(C)c1cc(-c2ccccc2)ncc1[Si](C)(C)C.CC(c1ccccc1)c1ccnc(-c2cccc3c2oc2cccc(-c4ccccc4)c23)c1.CCc1ccnc(-c2ccccc2)c1.[Ir]. The van der Waals surface area contributed by atoms with E-state index >= 15 is 0 Å². The van der Waals surface area contributed by atoms with Gasteiger partial charge in [-0.3, -0.25) is 15.0 Å². The van der Waals surface area contributed by atoms with Crippen molar-refractivity contribution >= 4 is 35.2 Å². The van der Waals surface area contributed by atoms with Crippen molar-refractivity contribution in [1.29, 1.82) is 0 Å². The predicted octanol–water partition coefficient (Wildman–Crippen LogP) is 16.2. The first-order chi connectivity index (χ1) is 32.1. The Labute approximate surface area is 411 Å². The molecule has 6 heteroatoms. The zero-order valence-electron chi connectivity index (χ0n) is 39.6. The number of aryl methyl sites for hydroxylation is 1. The zero-order valence-corrected chi connectivity index (χ0v) is 43.0. The number of para-hydroxylation sites is 1. The van der Waals surface area contributed by atoms with Crippen LogP contribution in [-0.4, -0.2) is 23.0 Å². The van der Waals surface area contributed by atoms with Crippen LogP contribution in [0, 0.1) is 0 Å². The molecule has 0 aliphatic rings. The number of fused-ring (bicyclic) bond motifs is 3. The summed E-state index contributed by atoms with van der Waals surface area (Å²) >= 11 is 0. The van der Waals surface area contributed by atoms with Crippen LogP contribution in [0.25, 0.3) is 66.8 Å². The average molecular weight is 1070 g/mol. The summed E-state index contributed by atoms with van der Waals surface area (Å²) in [4.78, 5) is 13.8. The first kappa shape index (κ1) is 48.4. The van der Waals surface area contributed by atoms with Crippen LogP contribution in [0.4, 0.5) is 0 Å². The molecule has 4 nitrogen and oxygen atoms in total. The molecule has 0 spiro atoms. The number of nitrogens with zero attached hydrogens (tertiary/aromatic N) is 3. The minimum Gasteiger partial charge on any atom is -0.455 e. The van der Waals surface area contributed by atoms with Crippen molar-refractivity contribution in [2.24, 2.45) is 0 Å². The molecule has 337 valence electrons. The van der Waals surface area contributed by atoms with Gasteiger partial charge in [-0.1, -0.05) is 193 Å². The fraction of sp³-hybridized carbons (Fsp3) is 0.164. The van der Waals surface area contributed by atoms with Crippen molar-refractivity contribution in [3.63, 3.8) is 0 Å². The van der Waals surface area contributed by atoms with Crippen LogP contribution >= 0.6 is 0 Å². The summed E-state index contributed by atoms with van der Waals surface area (Å²) in [6.07, 6.45) is 6.95. The number of hydrogen-bond donors (Lipinski definition) is 0. The van der Waals surface area contributed by atoms with Crippen LogP contribution in [0.1, 0.15) is 61.8 Å². The van der Waals surface area contributed by atoms with Crippen LogP contribution in [0.2, 0.25) is 19.6 Å². The quantitative estimate of drug-likeness (QED) is 0.135. The van der Waals surface area contributed by atoms with Crippen LogP contribution in [0.15, 0.2) is 211 Å². The average Bonchev–Trinajstić information content (AvgIpc) is 3.77. The first-order valence-corrected chi connectivity index (χ1v) is 26.7. The Kier molecular flexibility index (Phi) is 16.1. The summed E-state index contributed by atoms with van der Waals surface area (Å²) in [5, 5.41) is 3.75. The van der Waals surface area contributed by atoms with Crippen molar-refractivity contribution in [3.8, 4) is 44.9 Å². The maximum absolute atomic E-state index is 6.45. The second-order valence-corrected chi connectivity index (χ2v) is 23.2. The van der Waals surface area contributed by atoms with Crippen molar-refractivity contribution in [3.05, 3.63) is 229 Å². The van der Waals surface area contributed by atoms with E-state index in [-0.39, 0.29) is 26.0 Å². The van der Waals surface area contributed by atoms with Gasteiger partial charge in [-0.25, -0.2) is 0 Å². The van der Waals surface area contributed by atoms with Crippen molar-refractivity contribution in [2.75, 3.05) is 0 Å². The topological polar surface area (TPSA) is 51.8 Å². The molecule has 1 atom stereocenters. The van der Waals surface area contributed by atoms with Gasteiger partial charge in [-0.15, -0.1) is 0 Å². The van der Waals surface area contributed by atoms with Crippen molar-refractivity contribution in [2.45, 2.75) is 65.6 Å². The summed E-state index contributed by atoms with van der Waals surface area (Å²) < 4.78 is 6.45. The minimum atomic E-state index is -1.33. The molecule has 0 aliphatic carbocycles. The van der Waals surface area contributed by atoms with E-state index in [1.807, 2.05) is 48.8 Å². The predicted molar refractivity (Wildman–Crippen MR) is 282 cm³/mol. The number of rotatable bonds is 9. The maximum Gasteiger partial charge on any atom is 0.144 e. The van der Waals surface area contributed by atoms with Crippen LogP contribution in [-0.2, 0) is 26.5 Å². The third-order valence-corrected chi connectivity index (χ3v) is 14.2. The Balaban J connectivity index is 0.000000166. The molecule has 0 saturated heterocycles. The molecule has 0 bridgehead atoms. The fourth-order valence-corrected chi connectivity index (χ4v) is 10.2. The molecule has 0 saturated carbocycles. The Hall–Kier alpha value is -6.56. The smallest absolute Gasteiger partial charge is 0.144 e. The summed E-state index contributed by atoms with van der Waals surface area (Å²) in [6.45, 7) is 16.1. The molecule has 0 amide bonds. The minimum absolute atomic E-state index is 0. The second kappa shape index (κ2) is 22.3. The Morgan fingerprint density at radius 1 is 0.507 bits per heavy atom. The second-order valence-electron chi connectivity index (χ2n) is 18.1. The van der Waals surface area contributed by atoms with Gasteiger partial charge in [0.05, 0.1) is 25.2 Å². The van der Waals surface area contributed by atoms with Crippen molar-refractivity contribution in [1.82, 2.24) is 15.0 Å². The fourth-order valence-electron chi connectivity index (χ4n) is 8.51. The van der Waals surface area contributed by atoms with E-state index in [0.29, 0.717) is 5.92 Å². The van der Waals surface area contributed by atoms with Gasteiger partial charge in [0.2, 0.25) is 0 Å². The third kappa shape index (κ3) is 11.5. The molecule has 4 aromatic heterocycles. The molecule has 67 heavy (non-hydrogen) atoms. The largest absolute Gasteiger partial charge is 0.455 e. The zero-order chi connectivity index (χ0) is 46.0. The van der Waals surface area contributed by atoms with E-state index in [1.165, 1.54) is 49.7 Å². The van der Waals surface area contributed by atoms with E-state index in [1.54, 1.807) is 0 Å². The van der Waals surface area contributed by atoms with E-state index in [2.05, 4.69) is 210 Å². The van der Waals surface area contributed by atoms with Gasteiger partial charge in [-0.2, -0.15) is 0 Å². The third-order valence-electron chi connectivity index (χ3n) is 12.2. The Morgan fingerprint density at radius 3 is 1.67 bits per heavy atom. The maximum atomic E-state index is 6.45. The van der Waals surface area contributed by atoms with Crippen LogP contribution < -0.4 is 5.19 Å². The molecule has 0 aliphatic heterocycles. The van der Waals surface area contributed by atoms with Gasteiger partial charge in [-0.05, 0) is 93.4 Å². The Morgan fingerprint density at radius 2 is 1.06 bits per heavy atom. The molecule has 0 fully saturated rings. The van der Waals surface area contributed by atoms with Gasteiger partial charge in [0.1, 0.15) is 11.2 Å². The molecule has 6 aromatic carbocycles. The van der Waals surface area contributed by atoms with Gasteiger partial charge < -0.3 is 4.42 Å². The van der Waals surface area contributed by atoms with Gasteiger partial charge in [0, 0.05) is 72.1 Å². The van der Waals surface area contributed by atoms with Gasteiger partial charge in [0.15, 0.2) is 0 Å². The summed E-state index contributed by atoms with van der Waals surface area (Å²) in [5.74, 6) is 0.833. The number of hydrogen-bond acceptors (Lipinski definition) is 4. The van der Waals surface area contributed by atoms with Crippen molar-refractivity contribution < 1.29 is 24.5 Å². The number of aromatic nitrogens is 3. The molecule has 1 radical (unpaired) electrons. The molecular weight excluding hydrogens is 1010 g/mol. The first-order valence-electron chi connectivity index (χ1n) is 23.2. The van der Waals surface area contributed by atoms with E-state index in [4.69, 9.17) is 14.4 Å². The summed E-state index contributed by atoms with van der Waals surface area (Å²) in [5.41, 5.74) is 16.0. The molecular formula is C61H59IrN3OSi. The van der Waals surface area contributed by atoms with E-state index < -0.39 is 8.07 Å². The van der Waals surface area contributed by atoms with Gasteiger partial charge in [0.25, 0.3) is 0 Å². The standard InChI is InChI=1S/C31H23NO.C17H23NSi.C13H13N.Ir/c1-21(22-10-4-2-5-11-22)24-18-19-32-28(20-24)26-15-8-16-27-30-25(23-12-6-3-7-13-23)14-9-17-29(30)33-31(26)27;1-13(2)15-11-16(14-9-7-6-8-10-14)18-12-17(15)19(3,4)5;1-2-11-8-9-14-13(10-11)12-6-4-3-5-7-12;/h2-21H,1H3;6-13H,1-5H3;3-10H,2H2,1H3;. The summed E-state index contributed by atoms with van der Waals surface area (Å²) in [6, 6.07) is 65.2. The molecule has 1 unspecified atom stereocenters. The van der Waals surface area contributed by atoms with Crippen LogP contribution in [0.5, 0.6) is 0 Å². The molecule has 4 heterocycles. The molecule has 10 aromatic rings. The molecule has 0 N–H and O–H groups in total. The normalized spacial score (nSPS) is 11.5. The van der Waals surface area contributed by atoms with E-state index in [9.17, 15) is 0 Å². The number of benzene rings is 6. The Bertz CT molecular complexity index is 3150. The monoisotopic (exact) mass is 1070 g/mol. The van der Waals surface area contributed by atoms with Crippen LogP contribution in [0.3, 0.4) is 0 Å². The number of pyridine rings is 3. The van der Waals surface area contributed by atoms with E-state index in [0.717, 1.165) is 51.0 Å². The summed E-state index contributed by atoms with van der Waals surface area (Å²) in [7, 11) is -1.33. The number of furan rings is 1. The van der Waals surface area contributed by atoms with Gasteiger partial charge >= 0.3 is 0 Å². The molecule has 10 rings (SSSR count).